The largest absolute Gasteiger partial charge is 0.500 e. The van der Waals surface area contributed by atoms with Gasteiger partial charge in [0.2, 0.25) is 5.91 Å². The molecular weight excluding hydrogens is 787 g/mol. The Bertz CT molecular complexity index is 1110. The SMILES string of the molecule is C=CC(SCCOC(=O)NCCCCCCNC(=O)N(CCCCCCNC(=O)NCCC[Si](OC)(OC)OC)C(C)=O)C(=O)OCCC[Si](OC)(OC)OC. The number of urea groups is 2. The highest BCUT2D eigenvalue weighted by Gasteiger charge is 2.37. The molecule has 0 fully saturated rings. The molecule has 326 valence electrons. The Morgan fingerprint density at radius 2 is 1.11 bits per heavy atom. The van der Waals surface area contributed by atoms with Gasteiger partial charge in [0.25, 0.3) is 0 Å². The van der Waals surface area contributed by atoms with Crippen molar-refractivity contribution in [2.24, 2.45) is 0 Å². The van der Waals surface area contributed by atoms with E-state index < -0.39 is 41.0 Å². The lowest BCUT2D eigenvalue weighted by atomic mass is 10.2. The number of alkyl carbamates (subject to hydrolysis) is 1. The van der Waals surface area contributed by atoms with Crippen molar-refractivity contribution in [3.05, 3.63) is 12.7 Å². The summed E-state index contributed by atoms with van der Waals surface area (Å²) in [7, 11) is 3.90. The van der Waals surface area contributed by atoms with E-state index in [4.69, 9.17) is 36.0 Å². The maximum Gasteiger partial charge on any atom is 0.500 e. The van der Waals surface area contributed by atoms with Crippen molar-refractivity contribution in [2.75, 3.05) is 94.3 Å². The Morgan fingerprint density at radius 1 is 0.625 bits per heavy atom. The summed E-state index contributed by atoms with van der Waals surface area (Å²) in [6.07, 6.45) is 8.43. The van der Waals surface area contributed by atoms with Crippen molar-refractivity contribution in [2.45, 2.75) is 88.5 Å². The van der Waals surface area contributed by atoms with Gasteiger partial charge in [-0.1, -0.05) is 31.8 Å². The maximum atomic E-state index is 12.6. The first kappa shape index (κ1) is 53.2. The van der Waals surface area contributed by atoms with Gasteiger partial charge in [0.15, 0.2) is 0 Å². The molecule has 4 N–H and O–H groups in total. The lowest BCUT2D eigenvalue weighted by Gasteiger charge is -2.24. The van der Waals surface area contributed by atoms with Crippen LogP contribution in [0.4, 0.5) is 14.4 Å². The predicted molar refractivity (Wildman–Crippen MR) is 218 cm³/mol. The average molecular weight is 856 g/mol. The number of nitrogens with zero attached hydrogens (tertiary/aromatic N) is 1. The molecule has 18 nitrogen and oxygen atoms in total. The molecule has 21 heteroatoms. The lowest BCUT2D eigenvalue weighted by Crippen LogP contribution is -2.44. The Morgan fingerprint density at radius 3 is 1.62 bits per heavy atom. The topological polar surface area (TPSA) is 211 Å². The molecule has 0 bridgehead atoms. The summed E-state index contributed by atoms with van der Waals surface area (Å²) in [6, 6.07) is 0.468. The van der Waals surface area contributed by atoms with Crippen LogP contribution in [0.15, 0.2) is 12.7 Å². The standard InChI is InChI=1S/C35H69N5O13SSi2/c1-9-31(32(42)52-25-19-29-56(49-6,50-7)51-8)54-27-26-53-35(45)39-22-16-11-10-15-21-38-34(44)40(30(2)41)24-17-13-12-14-20-36-33(43)37-23-18-28-55(46-3,47-4)48-5/h9,31H,1,10-29H2,2-8H3,(H,38,44)(H,39,45)(H2,36,37,43). The summed E-state index contributed by atoms with van der Waals surface area (Å²) >= 11 is 1.27. The van der Waals surface area contributed by atoms with Crippen molar-refractivity contribution >= 4 is 59.4 Å². The van der Waals surface area contributed by atoms with Crippen LogP contribution < -0.4 is 21.3 Å². The first-order valence-corrected chi connectivity index (χ1v) is 24.0. The van der Waals surface area contributed by atoms with Gasteiger partial charge >= 0.3 is 41.7 Å². The molecule has 0 saturated carbocycles. The van der Waals surface area contributed by atoms with Gasteiger partial charge in [-0.05, 0) is 38.5 Å². The van der Waals surface area contributed by atoms with E-state index in [0.29, 0.717) is 69.8 Å². The number of thioether (sulfide) groups is 1. The fourth-order valence-electron chi connectivity index (χ4n) is 5.26. The molecule has 56 heavy (non-hydrogen) atoms. The number of imide groups is 1. The Labute approximate surface area is 340 Å². The highest BCUT2D eigenvalue weighted by Crippen LogP contribution is 2.17. The van der Waals surface area contributed by atoms with E-state index in [1.54, 1.807) is 21.3 Å². The fraction of sp³-hybridized carbons (Fsp3) is 0.800. The van der Waals surface area contributed by atoms with E-state index in [0.717, 1.165) is 44.9 Å². The molecule has 0 spiro atoms. The smallest absolute Gasteiger partial charge is 0.465 e. The van der Waals surface area contributed by atoms with Gasteiger partial charge in [-0.25, -0.2) is 14.4 Å². The van der Waals surface area contributed by atoms with Gasteiger partial charge in [0.1, 0.15) is 11.9 Å². The monoisotopic (exact) mass is 855 g/mol. The number of hydrogen-bond donors (Lipinski definition) is 4. The average Bonchev–Trinajstić information content (AvgIpc) is 3.20. The number of nitrogens with one attached hydrogen (secondary N) is 4. The molecule has 0 aliphatic heterocycles. The number of carbonyl (C=O) groups is 5. The second-order valence-corrected chi connectivity index (χ2v) is 19.9. The molecule has 0 aliphatic rings. The van der Waals surface area contributed by atoms with Crippen LogP contribution in [-0.4, -0.2) is 152 Å². The number of ether oxygens (including phenoxy) is 2. The highest BCUT2D eigenvalue weighted by molar-refractivity contribution is 8.00. The second kappa shape index (κ2) is 33.2. The van der Waals surface area contributed by atoms with E-state index in [1.807, 2.05) is 0 Å². The number of unbranched alkanes of at least 4 members (excludes halogenated alkanes) is 6. The summed E-state index contributed by atoms with van der Waals surface area (Å²) in [4.78, 5) is 62.3. The minimum Gasteiger partial charge on any atom is -0.465 e. The summed E-state index contributed by atoms with van der Waals surface area (Å²) in [6.45, 7) is 7.60. The van der Waals surface area contributed by atoms with Crippen LogP contribution in [0.3, 0.4) is 0 Å². The zero-order valence-electron chi connectivity index (χ0n) is 34.7. The van der Waals surface area contributed by atoms with Crippen molar-refractivity contribution in [3.63, 3.8) is 0 Å². The van der Waals surface area contributed by atoms with Crippen LogP contribution >= 0.6 is 11.8 Å². The molecule has 1 unspecified atom stereocenters. The molecule has 0 radical (unpaired) electrons. The minimum absolute atomic E-state index is 0.122. The van der Waals surface area contributed by atoms with Crippen molar-refractivity contribution < 1.29 is 60.0 Å². The zero-order chi connectivity index (χ0) is 42.1. The molecule has 0 rings (SSSR count). The van der Waals surface area contributed by atoms with Gasteiger partial charge < -0.3 is 57.3 Å². The van der Waals surface area contributed by atoms with E-state index in [9.17, 15) is 24.0 Å². The third kappa shape index (κ3) is 24.1. The third-order valence-electron chi connectivity index (χ3n) is 8.61. The molecule has 0 aliphatic carbocycles. The van der Waals surface area contributed by atoms with Crippen LogP contribution in [0.25, 0.3) is 0 Å². The number of rotatable bonds is 34. The van der Waals surface area contributed by atoms with Crippen LogP contribution in [-0.2, 0) is 45.6 Å². The van der Waals surface area contributed by atoms with E-state index >= 15 is 0 Å². The first-order valence-electron chi connectivity index (χ1n) is 19.1. The molecule has 6 amide bonds. The molecule has 0 aromatic rings. The van der Waals surface area contributed by atoms with Crippen molar-refractivity contribution in [3.8, 4) is 0 Å². The number of carbonyl (C=O) groups excluding carboxylic acids is 5. The molecule has 0 saturated heterocycles. The van der Waals surface area contributed by atoms with Gasteiger partial charge in [0, 0.05) is 100 Å². The maximum absolute atomic E-state index is 12.6. The second-order valence-electron chi connectivity index (χ2n) is 12.5. The number of amides is 6. The summed E-state index contributed by atoms with van der Waals surface area (Å²) in [5.74, 6) is -0.338. The normalized spacial score (nSPS) is 12.0. The predicted octanol–water partition coefficient (Wildman–Crippen LogP) is 4.06. The van der Waals surface area contributed by atoms with Crippen LogP contribution in [0.5, 0.6) is 0 Å². The highest BCUT2D eigenvalue weighted by atomic mass is 32.2. The molecular formula is C35H69N5O13SSi2. The molecule has 0 aromatic carbocycles. The molecule has 0 heterocycles. The van der Waals surface area contributed by atoms with Gasteiger partial charge in [0.05, 0.1) is 6.61 Å². The van der Waals surface area contributed by atoms with E-state index in [2.05, 4.69) is 27.8 Å². The summed E-state index contributed by atoms with van der Waals surface area (Å²) in [5.41, 5.74) is 0. The van der Waals surface area contributed by atoms with Gasteiger partial charge in [-0.15, -0.1) is 18.3 Å². The number of hydrogen-bond acceptors (Lipinski definition) is 14. The van der Waals surface area contributed by atoms with Gasteiger partial charge in [-0.3, -0.25) is 14.5 Å². The third-order valence-corrected chi connectivity index (χ3v) is 15.4. The quantitative estimate of drug-likeness (QED) is 0.0312. The Hall–Kier alpha value is -2.77. The lowest BCUT2D eigenvalue weighted by molar-refractivity contribution is -0.142. The van der Waals surface area contributed by atoms with Gasteiger partial charge in [-0.2, -0.15) is 0 Å². The molecule has 0 aromatic heterocycles. The van der Waals surface area contributed by atoms with E-state index in [-0.39, 0.29) is 25.2 Å². The van der Waals surface area contributed by atoms with E-state index in [1.165, 1.54) is 51.0 Å². The first-order chi connectivity index (χ1) is 26.9. The van der Waals surface area contributed by atoms with Crippen LogP contribution in [0.2, 0.25) is 12.1 Å². The van der Waals surface area contributed by atoms with Crippen LogP contribution in [0, 0.1) is 0 Å². The van der Waals surface area contributed by atoms with Crippen molar-refractivity contribution in [1.29, 1.82) is 0 Å². The number of esters is 1. The molecule has 1 atom stereocenters. The van der Waals surface area contributed by atoms with Crippen molar-refractivity contribution in [1.82, 2.24) is 26.2 Å². The summed E-state index contributed by atoms with van der Waals surface area (Å²) < 4.78 is 42.7. The minimum atomic E-state index is -2.72. The zero-order valence-corrected chi connectivity index (χ0v) is 37.5. The Balaban J connectivity index is 3.96. The fourth-order valence-corrected chi connectivity index (χ4v) is 9.44. The summed E-state index contributed by atoms with van der Waals surface area (Å²) in [5, 5.41) is 10.6. The van der Waals surface area contributed by atoms with Crippen LogP contribution in [0.1, 0.15) is 71.1 Å². The Kier molecular flexibility index (Phi) is 31.6.